The van der Waals surface area contributed by atoms with Crippen LogP contribution in [0.15, 0.2) is 83.4 Å². The molecule has 1 aliphatic heterocycles. The van der Waals surface area contributed by atoms with Crippen LogP contribution >= 0.6 is 0 Å². The van der Waals surface area contributed by atoms with Crippen molar-refractivity contribution in [3.05, 3.63) is 101 Å². The first-order valence-corrected chi connectivity index (χ1v) is 12.2. The number of rotatable bonds is 7. The van der Waals surface area contributed by atoms with Crippen molar-refractivity contribution < 1.29 is 14.1 Å². The minimum absolute atomic E-state index is 0.0841. The molecular weight excluding hydrogens is 452 g/mol. The van der Waals surface area contributed by atoms with Crippen LogP contribution in [0.1, 0.15) is 40.2 Å². The van der Waals surface area contributed by atoms with Crippen LogP contribution in [0.3, 0.4) is 0 Å². The first-order chi connectivity index (χ1) is 17.6. The SMILES string of the molecule is Cc1ccccc1-c1noc(CN2CCCC(C(=O)Nc3ccccc3C(=O)c3ccccc3)C2)n1. The summed E-state index contributed by atoms with van der Waals surface area (Å²) in [6, 6.07) is 24.2. The van der Waals surface area contributed by atoms with Crippen LogP contribution in [0.2, 0.25) is 0 Å². The third-order valence-corrected chi connectivity index (χ3v) is 6.55. The number of benzene rings is 3. The van der Waals surface area contributed by atoms with Gasteiger partial charge in [-0.05, 0) is 44.0 Å². The maximum absolute atomic E-state index is 13.2. The molecule has 36 heavy (non-hydrogen) atoms. The van der Waals surface area contributed by atoms with E-state index >= 15 is 0 Å². The number of carbonyl (C=O) groups is 2. The zero-order valence-electron chi connectivity index (χ0n) is 20.2. The first kappa shape index (κ1) is 23.6. The van der Waals surface area contributed by atoms with E-state index in [2.05, 4.69) is 20.4 Å². The number of hydrogen-bond acceptors (Lipinski definition) is 6. The van der Waals surface area contributed by atoms with E-state index in [9.17, 15) is 9.59 Å². The highest BCUT2D eigenvalue weighted by Crippen LogP contribution is 2.25. The predicted molar refractivity (Wildman–Crippen MR) is 137 cm³/mol. The topological polar surface area (TPSA) is 88.3 Å². The van der Waals surface area contributed by atoms with Crippen molar-refractivity contribution in [2.24, 2.45) is 5.92 Å². The number of ketones is 1. The van der Waals surface area contributed by atoms with E-state index in [-0.39, 0.29) is 17.6 Å². The lowest BCUT2D eigenvalue weighted by Crippen LogP contribution is -2.40. The normalized spacial score (nSPS) is 16.0. The van der Waals surface area contributed by atoms with Gasteiger partial charge < -0.3 is 9.84 Å². The fourth-order valence-electron chi connectivity index (χ4n) is 4.63. The Bertz CT molecular complexity index is 1370. The maximum Gasteiger partial charge on any atom is 0.241 e. The van der Waals surface area contributed by atoms with Gasteiger partial charge in [0.05, 0.1) is 18.2 Å². The summed E-state index contributed by atoms with van der Waals surface area (Å²) in [5, 5.41) is 7.16. The quantitative estimate of drug-likeness (QED) is 0.369. The van der Waals surface area contributed by atoms with Crippen molar-refractivity contribution in [1.82, 2.24) is 15.0 Å². The Kier molecular flexibility index (Phi) is 7.00. The van der Waals surface area contributed by atoms with Gasteiger partial charge in [-0.1, -0.05) is 71.9 Å². The average molecular weight is 481 g/mol. The van der Waals surface area contributed by atoms with Crippen molar-refractivity contribution in [2.75, 3.05) is 18.4 Å². The van der Waals surface area contributed by atoms with Crippen molar-refractivity contribution in [2.45, 2.75) is 26.3 Å². The third-order valence-electron chi connectivity index (χ3n) is 6.55. The van der Waals surface area contributed by atoms with Crippen molar-refractivity contribution in [3.8, 4) is 11.4 Å². The number of aromatic nitrogens is 2. The van der Waals surface area contributed by atoms with Crippen molar-refractivity contribution >= 4 is 17.4 Å². The Labute approximate surface area is 210 Å². The summed E-state index contributed by atoms with van der Waals surface area (Å²) < 4.78 is 5.51. The van der Waals surface area contributed by atoms with E-state index < -0.39 is 0 Å². The van der Waals surface area contributed by atoms with Crippen LogP contribution < -0.4 is 5.32 Å². The van der Waals surface area contributed by atoms with E-state index in [1.54, 1.807) is 24.3 Å². The standard InChI is InChI=1S/C29H28N4O3/c1-20-10-5-6-14-23(20)28-31-26(36-32-28)19-33-17-9-13-22(18-33)29(35)30-25-16-8-7-15-24(25)27(34)21-11-3-2-4-12-21/h2-8,10-12,14-16,22H,9,13,17-19H2,1H3,(H,30,35). The molecular formula is C29H28N4O3. The van der Waals surface area contributed by atoms with Gasteiger partial charge >= 0.3 is 0 Å². The zero-order valence-corrected chi connectivity index (χ0v) is 20.2. The second-order valence-corrected chi connectivity index (χ2v) is 9.13. The van der Waals surface area contributed by atoms with Gasteiger partial charge in [0, 0.05) is 23.2 Å². The van der Waals surface area contributed by atoms with Gasteiger partial charge in [0.2, 0.25) is 17.6 Å². The largest absolute Gasteiger partial charge is 0.338 e. The second-order valence-electron chi connectivity index (χ2n) is 9.13. The van der Waals surface area contributed by atoms with Gasteiger partial charge in [0.15, 0.2) is 5.78 Å². The molecule has 7 heteroatoms. The van der Waals surface area contributed by atoms with Gasteiger partial charge in [0.25, 0.3) is 0 Å². The predicted octanol–water partition coefficient (Wildman–Crippen LogP) is 5.13. The van der Waals surface area contributed by atoms with Crippen molar-refractivity contribution in [3.63, 3.8) is 0 Å². The molecule has 1 atom stereocenters. The summed E-state index contributed by atoms with van der Waals surface area (Å²) in [4.78, 5) is 33.0. The number of likely N-dealkylation sites (tertiary alicyclic amines) is 1. The lowest BCUT2D eigenvalue weighted by atomic mass is 9.96. The van der Waals surface area contributed by atoms with Crippen LogP contribution in [0.5, 0.6) is 0 Å². The number of piperidine rings is 1. The van der Waals surface area contributed by atoms with Crippen LogP contribution in [-0.2, 0) is 11.3 Å². The van der Waals surface area contributed by atoms with Crippen LogP contribution in [0.25, 0.3) is 11.4 Å². The lowest BCUT2D eigenvalue weighted by molar-refractivity contribution is -0.121. The molecule has 0 aliphatic carbocycles. The Morgan fingerprint density at radius 3 is 2.58 bits per heavy atom. The molecule has 4 aromatic rings. The molecule has 5 rings (SSSR count). The Morgan fingerprint density at radius 1 is 1.00 bits per heavy atom. The molecule has 1 unspecified atom stereocenters. The minimum atomic E-state index is -0.197. The molecule has 182 valence electrons. The van der Waals surface area contributed by atoms with E-state index in [1.807, 2.05) is 61.5 Å². The number of anilines is 1. The number of aryl methyl sites for hydroxylation is 1. The van der Waals surface area contributed by atoms with Gasteiger partial charge in [-0.2, -0.15) is 4.98 Å². The molecule has 1 N–H and O–H groups in total. The Morgan fingerprint density at radius 2 is 1.75 bits per heavy atom. The second kappa shape index (κ2) is 10.7. The highest BCUT2D eigenvalue weighted by Gasteiger charge is 2.28. The third kappa shape index (κ3) is 5.26. The molecule has 7 nitrogen and oxygen atoms in total. The number of nitrogens with one attached hydrogen (secondary N) is 1. The molecule has 0 spiro atoms. The molecule has 1 saturated heterocycles. The minimum Gasteiger partial charge on any atom is -0.338 e. The van der Waals surface area contributed by atoms with Crippen molar-refractivity contribution in [1.29, 1.82) is 0 Å². The van der Waals surface area contributed by atoms with E-state index in [1.165, 1.54) is 0 Å². The number of amides is 1. The summed E-state index contributed by atoms with van der Waals surface area (Å²) in [6.07, 6.45) is 1.68. The van der Waals surface area contributed by atoms with Crippen LogP contribution in [0, 0.1) is 12.8 Å². The number of nitrogens with zero attached hydrogens (tertiary/aromatic N) is 3. The molecule has 0 radical (unpaired) electrons. The number of hydrogen-bond donors (Lipinski definition) is 1. The molecule has 1 amide bonds. The number of carbonyl (C=O) groups excluding carboxylic acids is 2. The Hall–Kier alpha value is -4.10. The fourth-order valence-corrected chi connectivity index (χ4v) is 4.63. The maximum atomic E-state index is 13.2. The highest BCUT2D eigenvalue weighted by atomic mass is 16.5. The molecule has 3 aromatic carbocycles. The average Bonchev–Trinajstić information content (AvgIpc) is 3.37. The fraction of sp³-hybridized carbons (Fsp3) is 0.241. The van der Waals surface area contributed by atoms with Crippen LogP contribution in [-0.4, -0.2) is 39.8 Å². The molecule has 2 heterocycles. The van der Waals surface area contributed by atoms with Gasteiger partial charge in [-0.15, -0.1) is 0 Å². The van der Waals surface area contributed by atoms with Crippen LogP contribution in [0.4, 0.5) is 5.69 Å². The molecule has 1 aromatic heterocycles. The summed E-state index contributed by atoms with van der Waals surface area (Å²) >= 11 is 0. The lowest BCUT2D eigenvalue weighted by Gasteiger charge is -2.31. The summed E-state index contributed by atoms with van der Waals surface area (Å²) in [7, 11) is 0. The van der Waals surface area contributed by atoms with E-state index in [0.29, 0.717) is 41.6 Å². The Balaban J connectivity index is 1.24. The summed E-state index contributed by atoms with van der Waals surface area (Å²) in [5.74, 6) is 0.719. The number of para-hydroxylation sites is 1. The molecule has 1 fully saturated rings. The van der Waals surface area contributed by atoms with E-state index in [4.69, 9.17) is 4.52 Å². The molecule has 0 saturated carbocycles. The monoisotopic (exact) mass is 480 g/mol. The van der Waals surface area contributed by atoms with Gasteiger partial charge in [-0.3, -0.25) is 14.5 Å². The summed E-state index contributed by atoms with van der Waals surface area (Å²) in [6.45, 7) is 3.95. The summed E-state index contributed by atoms with van der Waals surface area (Å²) in [5.41, 5.74) is 3.65. The molecule has 1 aliphatic rings. The van der Waals surface area contributed by atoms with Gasteiger partial charge in [0.1, 0.15) is 0 Å². The van der Waals surface area contributed by atoms with Gasteiger partial charge in [-0.25, -0.2) is 0 Å². The zero-order chi connectivity index (χ0) is 24.9. The first-order valence-electron chi connectivity index (χ1n) is 12.2. The van der Waals surface area contributed by atoms with E-state index in [0.717, 1.165) is 30.5 Å². The molecule has 0 bridgehead atoms. The highest BCUT2D eigenvalue weighted by molar-refractivity contribution is 6.13. The smallest absolute Gasteiger partial charge is 0.241 e.